The van der Waals surface area contributed by atoms with E-state index in [0.29, 0.717) is 19.7 Å². The quantitative estimate of drug-likeness (QED) is 0.580. The minimum absolute atomic E-state index is 0.144. The Labute approximate surface area is 126 Å². The summed E-state index contributed by atoms with van der Waals surface area (Å²) in [7, 11) is 0. The number of aliphatic hydroxyl groups is 1. The molecule has 5 heteroatoms. The molecule has 0 spiro atoms. The van der Waals surface area contributed by atoms with Crippen LogP contribution in [0.5, 0.6) is 5.75 Å². The molecule has 0 unspecified atom stereocenters. The summed E-state index contributed by atoms with van der Waals surface area (Å²) >= 11 is 0. The van der Waals surface area contributed by atoms with E-state index in [1.165, 1.54) is 0 Å². The molecule has 0 aliphatic carbocycles. The average molecular weight is 294 g/mol. The van der Waals surface area contributed by atoms with E-state index in [4.69, 9.17) is 9.84 Å². The first-order valence-electron chi connectivity index (χ1n) is 7.55. The Kier molecular flexibility index (Phi) is 9.04. The van der Waals surface area contributed by atoms with Gasteiger partial charge in [-0.15, -0.1) is 0 Å². The summed E-state index contributed by atoms with van der Waals surface area (Å²) in [6, 6.07) is 7.74. The summed E-state index contributed by atoms with van der Waals surface area (Å²) in [5.41, 5.74) is 1.12. The molecule has 0 saturated heterocycles. The normalized spacial score (nSPS) is 10.2. The molecule has 1 aromatic carbocycles. The number of aryl methyl sites for hydroxylation is 1. The fourth-order valence-corrected chi connectivity index (χ4v) is 1.85. The van der Waals surface area contributed by atoms with E-state index in [2.05, 4.69) is 10.6 Å². The summed E-state index contributed by atoms with van der Waals surface area (Å²) in [4.78, 5) is 11.5. The van der Waals surface area contributed by atoms with E-state index in [0.717, 1.165) is 37.0 Å². The van der Waals surface area contributed by atoms with Crippen LogP contribution in [-0.2, 0) is 0 Å². The van der Waals surface area contributed by atoms with Gasteiger partial charge in [-0.3, -0.25) is 0 Å². The van der Waals surface area contributed by atoms with Gasteiger partial charge in [-0.05, 0) is 44.2 Å². The van der Waals surface area contributed by atoms with E-state index < -0.39 is 0 Å². The zero-order chi connectivity index (χ0) is 15.3. The minimum Gasteiger partial charge on any atom is -0.493 e. The predicted molar refractivity (Wildman–Crippen MR) is 83.6 cm³/mol. The molecule has 0 bridgehead atoms. The van der Waals surface area contributed by atoms with Crippen LogP contribution in [-0.4, -0.2) is 37.4 Å². The first kappa shape index (κ1) is 17.3. The number of hydrogen-bond donors (Lipinski definition) is 3. The molecule has 0 aromatic heterocycles. The second-order valence-electron chi connectivity index (χ2n) is 4.93. The highest BCUT2D eigenvalue weighted by Gasteiger charge is 2.00. The largest absolute Gasteiger partial charge is 0.493 e. The summed E-state index contributed by atoms with van der Waals surface area (Å²) in [5.74, 6) is 0.894. The van der Waals surface area contributed by atoms with E-state index >= 15 is 0 Å². The Balaban J connectivity index is 1.99. The van der Waals surface area contributed by atoms with Crippen LogP contribution in [0.1, 0.15) is 31.2 Å². The number of carbonyl (C=O) groups is 1. The van der Waals surface area contributed by atoms with Crippen LogP contribution >= 0.6 is 0 Å². The molecule has 21 heavy (non-hydrogen) atoms. The van der Waals surface area contributed by atoms with Crippen LogP contribution in [0.2, 0.25) is 0 Å². The summed E-state index contributed by atoms with van der Waals surface area (Å²) in [6.07, 6.45) is 3.39. The lowest BCUT2D eigenvalue weighted by Gasteiger charge is -2.10. The van der Waals surface area contributed by atoms with Crippen molar-refractivity contribution >= 4 is 6.03 Å². The van der Waals surface area contributed by atoms with E-state index in [-0.39, 0.29) is 12.6 Å². The lowest BCUT2D eigenvalue weighted by molar-refractivity contribution is 0.238. The second kappa shape index (κ2) is 11.0. The maximum absolute atomic E-state index is 11.5. The number of benzene rings is 1. The summed E-state index contributed by atoms with van der Waals surface area (Å²) in [5, 5.41) is 14.2. The van der Waals surface area contributed by atoms with Crippen LogP contribution in [0.4, 0.5) is 4.79 Å². The standard InChI is InChI=1S/C16H26N2O3/c1-14-8-3-4-9-15(14)21-13-7-11-18-16(20)17-10-5-2-6-12-19/h3-4,8-9,19H,2,5-7,10-13H2,1H3,(H2,17,18,20). The van der Waals surface area contributed by atoms with Crippen LogP contribution in [0.25, 0.3) is 0 Å². The van der Waals surface area contributed by atoms with Crippen LogP contribution in [0.3, 0.4) is 0 Å². The van der Waals surface area contributed by atoms with Gasteiger partial charge in [0.2, 0.25) is 0 Å². The molecule has 118 valence electrons. The summed E-state index contributed by atoms with van der Waals surface area (Å²) < 4.78 is 5.65. The molecular formula is C16H26N2O3. The smallest absolute Gasteiger partial charge is 0.314 e. The SMILES string of the molecule is Cc1ccccc1OCCCNC(=O)NCCCCCO. The molecule has 5 nitrogen and oxygen atoms in total. The van der Waals surface area contributed by atoms with Crippen molar-refractivity contribution in [1.29, 1.82) is 0 Å². The molecule has 3 N–H and O–H groups in total. The topological polar surface area (TPSA) is 70.6 Å². The van der Waals surface area contributed by atoms with Crippen molar-refractivity contribution in [2.24, 2.45) is 0 Å². The molecule has 0 atom stereocenters. The fourth-order valence-electron chi connectivity index (χ4n) is 1.85. The van der Waals surface area contributed by atoms with E-state index in [9.17, 15) is 4.79 Å². The lowest BCUT2D eigenvalue weighted by atomic mass is 10.2. The van der Waals surface area contributed by atoms with Crippen molar-refractivity contribution in [3.05, 3.63) is 29.8 Å². The van der Waals surface area contributed by atoms with Crippen molar-refractivity contribution < 1.29 is 14.6 Å². The summed E-state index contributed by atoms with van der Waals surface area (Å²) in [6.45, 7) is 4.05. The number of amides is 2. The van der Waals surface area contributed by atoms with Gasteiger partial charge in [0, 0.05) is 19.7 Å². The van der Waals surface area contributed by atoms with E-state index in [1.54, 1.807) is 0 Å². The Morgan fingerprint density at radius 2 is 1.81 bits per heavy atom. The van der Waals surface area contributed by atoms with Gasteiger partial charge >= 0.3 is 6.03 Å². The molecule has 0 fully saturated rings. The zero-order valence-electron chi connectivity index (χ0n) is 12.7. The minimum atomic E-state index is -0.144. The number of rotatable bonds is 10. The average Bonchev–Trinajstić information content (AvgIpc) is 2.48. The molecule has 0 aliphatic rings. The van der Waals surface area contributed by atoms with Crippen molar-refractivity contribution in [2.45, 2.75) is 32.6 Å². The first-order valence-corrected chi connectivity index (χ1v) is 7.55. The van der Waals surface area contributed by atoms with Crippen LogP contribution in [0.15, 0.2) is 24.3 Å². The highest BCUT2D eigenvalue weighted by Crippen LogP contribution is 2.15. The van der Waals surface area contributed by atoms with Crippen LogP contribution < -0.4 is 15.4 Å². The molecule has 0 aliphatic heterocycles. The van der Waals surface area contributed by atoms with Gasteiger partial charge in [0.1, 0.15) is 5.75 Å². The Morgan fingerprint density at radius 1 is 1.10 bits per heavy atom. The van der Waals surface area contributed by atoms with Crippen LogP contribution in [0, 0.1) is 6.92 Å². The number of ether oxygens (including phenoxy) is 1. The third-order valence-corrected chi connectivity index (χ3v) is 3.08. The van der Waals surface area contributed by atoms with Crippen molar-refractivity contribution in [2.75, 3.05) is 26.3 Å². The number of nitrogens with one attached hydrogen (secondary N) is 2. The van der Waals surface area contributed by atoms with Gasteiger partial charge in [0.05, 0.1) is 6.61 Å². The van der Waals surface area contributed by atoms with Gasteiger partial charge in [0.25, 0.3) is 0 Å². The molecule has 1 aromatic rings. The highest BCUT2D eigenvalue weighted by molar-refractivity contribution is 5.73. The van der Waals surface area contributed by atoms with Crippen molar-refractivity contribution in [3.8, 4) is 5.75 Å². The monoisotopic (exact) mass is 294 g/mol. The lowest BCUT2D eigenvalue weighted by Crippen LogP contribution is -2.36. The molecular weight excluding hydrogens is 268 g/mol. The third kappa shape index (κ3) is 8.19. The van der Waals surface area contributed by atoms with Gasteiger partial charge < -0.3 is 20.5 Å². The number of carbonyl (C=O) groups excluding carboxylic acids is 1. The van der Waals surface area contributed by atoms with Crippen molar-refractivity contribution in [3.63, 3.8) is 0 Å². The molecule has 0 radical (unpaired) electrons. The highest BCUT2D eigenvalue weighted by atomic mass is 16.5. The predicted octanol–water partition coefficient (Wildman–Crippen LogP) is 2.23. The molecule has 0 saturated carbocycles. The zero-order valence-corrected chi connectivity index (χ0v) is 12.7. The van der Waals surface area contributed by atoms with E-state index in [1.807, 2.05) is 31.2 Å². The maximum atomic E-state index is 11.5. The number of hydrogen-bond acceptors (Lipinski definition) is 3. The van der Waals surface area contributed by atoms with Gasteiger partial charge in [-0.2, -0.15) is 0 Å². The Morgan fingerprint density at radius 3 is 2.52 bits per heavy atom. The number of para-hydroxylation sites is 1. The number of urea groups is 1. The Hall–Kier alpha value is -1.75. The maximum Gasteiger partial charge on any atom is 0.314 e. The van der Waals surface area contributed by atoms with Gasteiger partial charge in [-0.25, -0.2) is 4.79 Å². The van der Waals surface area contributed by atoms with Gasteiger partial charge in [-0.1, -0.05) is 18.2 Å². The third-order valence-electron chi connectivity index (χ3n) is 3.08. The molecule has 1 rings (SSSR count). The number of aliphatic hydroxyl groups excluding tert-OH is 1. The second-order valence-corrected chi connectivity index (χ2v) is 4.93. The number of unbranched alkanes of at least 4 members (excludes halogenated alkanes) is 2. The molecule has 2 amide bonds. The Bertz CT molecular complexity index is 410. The fraction of sp³-hybridized carbons (Fsp3) is 0.562. The molecule has 0 heterocycles. The van der Waals surface area contributed by atoms with Crippen molar-refractivity contribution in [1.82, 2.24) is 10.6 Å². The van der Waals surface area contributed by atoms with Gasteiger partial charge in [0.15, 0.2) is 0 Å². The first-order chi connectivity index (χ1) is 10.2.